The lowest BCUT2D eigenvalue weighted by molar-refractivity contribution is 0.0921. The molecule has 0 bridgehead atoms. The lowest BCUT2D eigenvalue weighted by Gasteiger charge is -2.04. The van der Waals surface area contributed by atoms with Gasteiger partial charge in [0.2, 0.25) is 0 Å². The van der Waals surface area contributed by atoms with Crippen LogP contribution in [0, 0.1) is 6.92 Å². The van der Waals surface area contributed by atoms with Gasteiger partial charge in [-0.05, 0) is 48.9 Å². The number of halogens is 1. The molecule has 0 fully saturated rings. The van der Waals surface area contributed by atoms with Crippen molar-refractivity contribution in [3.05, 3.63) is 88.3 Å². The maximum absolute atomic E-state index is 12.4. The predicted octanol–water partition coefficient (Wildman–Crippen LogP) is 4.48. The summed E-state index contributed by atoms with van der Waals surface area (Å²) in [5.74, 6) is 0.635. The second kappa shape index (κ2) is 8.34. The molecular formula is C20H18ClNO3S. The molecule has 1 amide bonds. The molecule has 2 aromatic carbocycles. The van der Waals surface area contributed by atoms with Crippen LogP contribution in [0.2, 0.25) is 5.02 Å². The summed E-state index contributed by atoms with van der Waals surface area (Å²) in [5, 5.41) is 3.44. The van der Waals surface area contributed by atoms with Crippen LogP contribution < -0.4 is 5.32 Å². The molecule has 0 saturated heterocycles. The van der Waals surface area contributed by atoms with E-state index in [-0.39, 0.29) is 17.4 Å². The fourth-order valence-electron chi connectivity index (χ4n) is 2.35. The zero-order chi connectivity index (χ0) is 18.5. The fourth-order valence-corrected chi connectivity index (χ4v) is 3.50. The highest BCUT2D eigenvalue weighted by Gasteiger charge is 2.13. The third-order valence-corrected chi connectivity index (χ3v) is 5.41. The Morgan fingerprint density at radius 3 is 2.42 bits per heavy atom. The number of aryl methyl sites for hydroxylation is 1. The van der Waals surface area contributed by atoms with Crippen LogP contribution in [0.15, 0.2) is 70.0 Å². The summed E-state index contributed by atoms with van der Waals surface area (Å²) in [4.78, 5) is 12.9. The number of nitrogens with one attached hydrogen (secondary N) is 1. The average Bonchev–Trinajstić information content (AvgIpc) is 3.10. The van der Waals surface area contributed by atoms with Gasteiger partial charge in [0.25, 0.3) is 5.91 Å². The number of carbonyl (C=O) groups excluding carboxylic acids is 1. The Labute approximate surface area is 159 Å². The van der Waals surface area contributed by atoms with Gasteiger partial charge in [0, 0.05) is 16.5 Å². The quantitative estimate of drug-likeness (QED) is 0.678. The molecule has 3 rings (SSSR count). The molecule has 0 aliphatic heterocycles. The van der Waals surface area contributed by atoms with Gasteiger partial charge >= 0.3 is 0 Å². The SMILES string of the molecule is Cc1ccc([S@@](=O)Cc2ccc(C(=O)NCc3ccc(Cl)cc3)o2)cc1. The van der Waals surface area contributed by atoms with Crippen LogP contribution in [0.5, 0.6) is 0 Å². The van der Waals surface area contributed by atoms with Crippen molar-refractivity contribution >= 4 is 28.3 Å². The van der Waals surface area contributed by atoms with Crippen molar-refractivity contribution in [3.63, 3.8) is 0 Å². The molecule has 3 aromatic rings. The number of hydrogen-bond donors (Lipinski definition) is 1. The molecule has 26 heavy (non-hydrogen) atoms. The minimum absolute atomic E-state index is 0.204. The van der Waals surface area contributed by atoms with E-state index >= 15 is 0 Å². The molecular weight excluding hydrogens is 370 g/mol. The van der Waals surface area contributed by atoms with Crippen molar-refractivity contribution in [1.29, 1.82) is 0 Å². The molecule has 0 unspecified atom stereocenters. The summed E-state index contributed by atoms with van der Waals surface area (Å²) in [6.45, 7) is 2.36. The van der Waals surface area contributed by atoms with Gasteiger partial charge in [-0.2, -0.15) is 0 Å². The minimum atomic E-state index is -1.22. The summed E-state index contributed by atoms with van der Waals surface area (Å²) in [6.07, 6.45) is 0. The number of benzene rings is 2. The van der Waals surface area contributed by atoms with Gasteiger partial charge in [-0.1, -0.05) is 41.4 Å². The van der Waals surface area contributed by atoms with E-state index in [1.54, 1.807) is 24.3 Å². The van der Waals surface area contributed by atoms with Gasteiger partial charge in [0.05, 0.1) is 16.6 Å². The van der Waals surface area contributed by atoms with Crippen LogP contribution in [0.1, 0.15) is 27.4 Å². The van der Waals surface area contributed by atoms with Gasteiger partial charge in [-0.3, -0.25) is 9.00 Å². The Hall–Kier alpha value is -2.37. The normalized spacial score (nSPS) is 11.9. The summed E-state index contributed by atoms with van der Waals surface area (Å²) >= 11 is 5.84. The third-order valence-electron chi connectivity index (χ3n) is 3.81. The lowest BCUT2D eigenvalue weighted by atomic mass is 10.2. The number of rotatable bonds is 6. The standard InChI is InChI=1S/C20H18ClNO3S/c1-14-2-9-18(10-3-14)26(24)13-17-8-11-19(25-17)20(23)22-12-15-4-6-16(21)7-5-15/h2-11H,12-13H2,1H3,(H,22,23)/t26-/m0/s1. The van der Waals surface area contributed by atoms with Gasteiger partial charge in [-0.25, -0.2) is 0 Å². The minimum Gasteiger partial charge on any atom is -0.455 e. The van der Waals surface area contributed by atoms with Crippen LogP contribution in [0.3, 0.4) is 0 Å². The van der Waals surface area contributed by atoms with Crippen molar-refractivity contribution in [2.24, 2.45) is 0 Å². The maximum Gasteiger partial charge on any atom is 0.287 e. The van der Waals surface area contributed by atoms with Gasteiger partial charge in [-0.15, -0.1) is 0 Å². The first-order chi connectivity index (χ1) is 12.5. The van der Waals surface area contributed by atoms with Crippen molar-refractivity contribution in [2.45, 2.75) is 24.1 Å². The van der Waals surface area contributed by atoms with Crippen molar-refractivity contribution in [3.8, 4) is 0 Å². The van der Waals surface area contributed by atoms with Crippen LogP contribution in [0.25, 0.3) is 0 Å². The summed E-state index contributed by atoms with van der Waals surface area (Å²) < 4.78 is 17.9. The molecule has 1 heterocycles. The summed E-state index contributed by atoms with van der Waals surface area (Å²) in [6, 6.07) is 18.0. The van der Waals surface area contributed by atoms with Crippen molar-refractivity contribution in [1.82, 2.24) is 5.32 Å². The Balaban J connectivity index is 1.58. The Morgan fingerprint density at radius 1 is 1.04 bits per heavy atom. The highest BCUT2D eigenvalue weighted by Crippen LogP contribution is 2.16. The second-order valence-electron chi connectivity index (χ2n) is 5.88. The van der Waals surface area contributed by atoms with E-state index in [4.69, 9.17) is 16.0 Å². The predicted molar refractivity (Wildman–Crippen MR) is 103 cm³/mol. The van der Waals surface area contributed by atoms with E-state index in [2.05, 4.69) is 5.32 Å². The Kier molecular flexibility index (Phi) is 5.91. The zero-order valence-corrected chi connectivity index (χ0v) is 15.8. The average molecular weight is 388 g/mol. The summed E-state index contributed by atoms with van der Waals surface area (Å²) in [7, 11) is -1.22. The molecule has 1 N–H and O–H groups in total. The second-order valence-corrected chi connectivity index (χ2v) is 7.77. The van der Waals surface area contributed by atoms with Crippen LogP contribution in [-0.4, -0.2) is 10.1 Å². The molecule has 6 heteroatoms. The van der Waals surface area contributed by atoms with E-state index in [0.717, 1.165) is 16.0 Å². The molecule has 134 valence electrons. The van der Waals surface area contributed by atoms with E-state index in [1.807, 2.05) is 43.3 Å². The number of amides is 1. The van der Waals surface area contributed by atoms with E-state index in [0.29, 0.717) is 17.3 Å². The van der Waals surface area contributed by atoms with E-state index in [9.17, 15) is 9.00 Å². The topological polar surface area (TPSA) is 59.3 Å². The third kappa shape index (κ3) is 4.84. The molecule has 1 aromatic heterocycles. The fraction of sp³-hybridized carbons (Fsp3) is 0.150. The molecule has 0 aliphatic rings. The highest BCUT2D eigenvalue weighted by molar-refractivity contribution is 7.84. The molecule has 4 nitrogen and oxygen atoms in total. The molecule has 1 atom stereocenters. The zero-order valence-electron chi connectivity index (χ0n) is 14.2. The molecule has 0 saturated carbocycles. The van der Waals surface area contributed by atoms with Gasteiger partial charge in [0.15, 0.2) is 5.76 Å². The molecule has 0 radical (unpaired) electrons. The van der Waals surface area contributed by atoms with E-state index in [1.165, 1.54) is 0 Å². The first kappa shape index (κ1) is 18.4. The Morgan fingerprint density at radius 2 is 1.73 bits per heavy atom. The Bertz CT molecular complexity index is 917. The monoisotopic (exact) mass is 387 g/mol. The van der Waals surface area contributed by atoms with E-state index < -0.39 is 10.8 Å². The van der Waals surface area contributed by atoms with Gasteiger partial charge < -0.3 is 9.73 Å². The van der Waals surface area contributed by atoms with Crippen LogP contribution in [0.4, 0.5) is 0 Å². The van der Waals surface area contributed by atoms with Gasteiger partial charge in [0.1, 0.15) is 5.76 Å². The lowest BCUT2D eigenvalue weighted by Crippen LogP contribution is -2.22. The van der Waals surface area contributed by atoms with Crippen molar-refractivity contribution in [2.75, 3.05) is 0 Å². The first-order valence-electron chi connectivity index (χ1n) is 8.07. The number of hydrogen-bond acceptors (Lipinski definition) is 3. The molecule has 0 aliphatic carbocycles. The first-order valence-corrected chi connectivity index (χ1v) is 9.77. The maximum atomic E-state index is 12.4. The smallest absolute Gasteiger partial charge is 0.287 e. The largest absolute Gasteiger partial charge is 0.455 e. The van der Waals surface area contributed by atoms with Crippen molar-refractivity contribution < 1.29 is 13.4 Å². The van der Waals surface area contributed by atoms with Crippen LogP contribution in [-0.2, 0) is 23.1 Å². The number of carbonyl (C=O) groups is 1. The van der Waals surface area contributed by atoms with Crippen LogP contribution >= 0.6 is 11.6 Å². The summed E-state index contributed by atoms with van der Waals surface area (Å²) in [5.41, 5.74) is 2.05. The molecule has 0 spiro atoms. The highest BCUT2D eigenvalue weighted by atomic mass is 35.5. The number of furan rings is 1.